The number of phenolic OH excluding ortho intramolecular Hbond substituents is 2. The molecule has 2 aromatic carbocycles. The number of carboxylic acids is 1. The fraction of sp³-hybridized carbons (Fsp3) is 0.542. The van der Waals surface area contributed by atoms with Crippen LogP contribution in [0.2, 0.25) is 0 Å². The molecule has 24 nitrogen and oxygen atoms in total. The maximum Gasteiger partial charge on any atom is 0.305 e. The number of aliphatic carboxylic acids is 1. The molecule has 2 saturated heterocycles. The number of fused-ring (bicyclic) bond motifs is 1. The first-order valence-electron chi connectivity index (χ1n) is 24.1. The third-order valence-corrected chi connectivity index (χ3v) is 14.5. The van der Waals surface area contributed by atoms with Crippen molar-refractivity contribution in [2.75, 3.05) is 31.2 Å². The molecule has 0 bridgehead atoms. The first-order valence-corrected chi connectivity index (χ1v) is 26.6. The van der Waals surface area contributed by atoms with Crippen molar-refractivity contribution in [1.29, 1.82) is 0 Å². The van der Waals surface area contributed by atoms with Crippen LogP contribution in [0.25, 0.3) is 0 Å². The van der Waals surface area contributed by atoms with Crippen molar-refractivity contribution < 1.29 is 68.4 Å². The molecular formula is C48H68N10O14S2. The molecule has 0 spiro atoms. The molecule has 0 unspecified atom stereocenters. The van der Waals surface area contributed by atoms with Crippen LogP contribution in [0.4, 0.5) is 0 Å². The molecule has 2 aromatic rings. The van der Waals surface area contributed by atoms with Gasteiger partial charge in [0, 0.05) is 37.4 Å². The molecule has 406 valence electrons. The highest BCUT2D eigenvalue weighted by molar-refractivity contribution is 8.76. The van der Waals surface area contributed by atoms with Crippen molar-refractivity contribution in [2.45, 2.75) is 127 Å². The number of amides is 8. The quantitative estimate of drug-likeness (QED) is 0.0879. The average Bonchev–Trinajstić information content (AvgIpc) is 3.86. The number of aliphatic hydroxyl groups excluding tert-OH is 1. The van der Waals surface area contributed by atoms with Crippen LogP contribution in [-0.2, 0) is 60.8 Å². The number of aliphatic hydroxyl groups is 1. The topological polar surface area (TPSA) is 377 Å². The summed E-state index contributed by atoms with van der Waals surface area (Å²) < 4.78 is 0. The fourth-order valence-electron chi connectivity index (χ4n) is 7.86. The van der Waals surface area contributed by atoms with E-state index in [-0.39, 0.29) is 67.7 Å². The highest BCUT2D eigenvalue weighted by Crippen LogP contribution is 2.25. The van der Waals surface area contributed by atoms with Crippen LogP contribution in [0.1, 0.15) is 64.5 Å². The summed E-state index contributed by atoms with van der Waals surface area (Å²) in [5, 5.41) is 60.8. The molecule has 0 saturated carbocycles. The smallest absolute Gasteiger partial charge is 0.305 e. The Balaban J connectivity index is 1.65. The van der Waals surface area contributed by atoms with Gasteiger partial charge in [-0.15, -0.1) is 0 Å². The van der Waals surface area contributed by atoms with Gasteiger partial charge in [-0.1, -0.05) is 59.7 Å². The van der Waals surface area contributed by atoms with Crippen molar-refractivity contribution in [2.24, 2.45) is 11.7 Å². The van der Waals surface area contributed by atoms with E-state index in [1.807, 2.05) is 0 Å². The van der Waals surface area contributed by atoms with Crippen LogP contribution in [0, 0.1) is 5.92 Å². The van der Waals surface area contributed by atoms with E-state index in [0.29, 0.717) is 23.8 Å². The van der Waals surface area contributed by atoms with Crippen LogP contribution >= 0.6 is 21.6 Å². The van der Waals surface area contributed by atoms with Crippen molar-refractivity contribution in [3.05, 3.63) is 59.7 Å². The van der Waals surface area contributed by atoms with Gasteiger partial charge < -0.3 is 78.4 Å². The monoisotopic (exact) mass is 1070 g/mol. The van der Waals surface area contributed by atoms with Crippen LogP contribution in [0.3, 0.4) is 0 Å². The second kappa shape index (κ2) is 29.4. The van der Waals surface area contributed by atoms with Crippen LogP contribution < -0.4 is 48.3 Å². The number of nitrogens with two attached hydrogens (primary N) is 1. The van der Waals surface area contributed by atoms with Gasteiger partial charge in [-0.2, -0.15) is 0 Å². The lowest BCUT2D eigenvalue weighted by Gasteiger charge is -2.28. The number of hydrogen-bond donors (Lipinski definition) is 13. The second-order valence-corrected chi connectivity index (χ2v) is 21.1. The molecule has 0 radical (unpaired) electrons. The van der Waals surface area contributed by atoms with E-state index < -0.39 is 127 Å². The molecule has 2 fully saturated rings. The average molecular weight is 1070 g/mol. The lowest BCUT2D eigenvalue weighted by molar-refractivity contribution is -0.141. The van der Waals surface area contributed by atoms with Crippen molar-refractivity contribution in [1.82, 2.24) is 47.4 Å². The molecule has 74 heavy (non-hydrogen) atoms. The minimum atomic E-state index is -1.72. The maximum absolute atomic E-state index is 14.2. The molecule has 10 atom stereocenters. The first-order chi connectivity index (χ1) is 35.1. The van der Waals surface area contributed by atoms with Gasteiger partial charge in [0.05, 0.1) is 37.2 Å². The summed E-state index contributed by atoms with van der Waals surface area (Å²) in [5.41, 5.74) is 7.29. The SMILES string of the molecule is CC(C)C[C@@H]1NC(=O)[C@H](Cc2ccc(O)cc2)NC(=O)[C@H](C)NC[C@H](CO)NC(=O)[C@H](Cc2ccc(O)cc2)NC(=O)[C@H](C)NC(=O)[C@@H]2CCCN2C(=O)[C@@H](N)CSSC[C@@H](C=O)NC(=O)[C@H](CC(=O)O)NC1=O. The van der Waals surface area contributed by atoms with Gasteiger partial charge in [-0.25, -0.2) is 0 Å². The zero-order valence-electron chi connectivity index (χ0n) is 41.5. The van der Waals surface area contributed by atoms with Crippen molar-refractivity contribution in [3.63, 3.8) is 0 Å². The van der Waals surface area contributed by atoms with E-state index >= 15 is 0 Å². The van der Waals surface area contributed by atoms with Crippen LogP contribution in [0.5, 0.6) is 11.5 Å². The second-order valence-electron chi connectivity index (χ2n) is 18.6. The van der Waals surface area contributed by atoms with Gasteiger partial charge in [0.15, 0.2) is 0 Å². The molecule has 2 aliphatic heterocycles. The Labute approximate surface area is 436 Å². The summed E-state index contributed by atoms with van der Waals surface area (Å²) in [6, 6.07) is -0.797. The number of carboxylic acid groups (broad SMARTS) is 1. The number of aromatic hydroxyl groups is 2. The Morgan fingerprint density at radius 3 is 1.73 bits per heavy atom. The van der Waals surface area contributed by atoms with E-state index in [1.165, 1.54) is 67.3 Å². The molecule has 8 amide bonds. The van der Waals surface area contributed by atoms with Gasteiger partial charge >= 0.3 is 5.97 Å². The third-order valence-electron chi connectivity index (χ3n) is 12.0. The predicted molar refractivity (Wildman–Crippen MR) is 273 cm³/mol. The van der Waals surface area contributed by atoms with Gasteiger partial charge in [0.1, 0.15) is 54.0 Å². The Morgan fingerprint density at radius 1 is 0.689 bits per heavy atom. The number of carbonyl (C=O) groups excluding carboxylic acids is 9. The number of carbonyl (C=O) groups is 10. The molecular weight excluding hydrogens is 1000 g/mol. The summed E-state index contributed by atoms with van der Waals surface area (Å²) >= 11 is 0. The third kappa shape index (κ3) is 19.1. The zero-order valence-corrected chi connectivity index (χ0v) is 43.2. The highest BCUT2D eigenvalue weighted by atomic mass is 33.1. The van der Waals surface area contributed by atoms with Crippen LogP contribution in [0.15, 0.2) is 48.5 Å². The van der Waals surface area contributed by atoms with Crippen molar-refractivity contribution in [3.8, 4) is 11.5 Å². The molecule has 14 N–H and O–H groups in total. The zero-order chi connectivity index (χ0) is 54.6. The summed E-state index contributed by atoms with van der Waals surface area (Å²) in [5.74, 6) is -8.17. The summed E-state index contributed by atoms with van der Waals surface area (Å²) in [6.07, 6.45) is -0.0341. The highest BCUT2D eigenvalue weighted by Gasteiger charge is 2.38. The fourth-order valence-corrected chi connectivity index (χ4v) is 10.1. The molecule has 2 heterocycles. The minimum absolute atomic E-state index is 0.00349. The predicted octanol–water partition coefficient (Wildman–Crippen LogP) is -2.30. The van der Waals surface area contributed by atoms with Crippen LogP contribution in [-0.4, -0.2) is 176 Å². The van der Waals surface area contributed by atoms with Gasteiger partial charge in [-0.05, 0) is 74.4 Å². The number of nitrogens with zero attached hydrogens (tertiary/aromatic N) is 1. The largest absolute Gasteiger partial charge is 0.508 e. The van der Waals surface area contributed by atoms with E-state index in [9.17, 15) is 68.4 Å². The number of rotatable bonds is 10. The van der Waals surface area contributed by atoms with E-state index in [2.05, 4.69) is 42.5 Å². The summed E-state index contributed by atoms with van der Waals surface area (Å²) in [6.45, 7) is 5.67. The van der Waals surface area contributed by atoms with E-state index in [0.717, 1.165) is 21.6 Å². The Kier molecular flexibility index (Phi) is 23.9. The van der Waals surface area contributed by atoms with E-state index in [4.69, 9.17) is 5.73 Å². The first kappa shape index (κ1) is 60.1. The minimum Gasteiger partial charge on any atom is -0.508 e. The normalized spacial score (nSPS) is 27.4. The molecule has 26 heteroatoms. The van der Waals surface area contributed by atoms with Gasteiger partial charge in [0.25, 0.3) is 0 Å². The summed E-state index contributed by atoms with van der Waals surface area (Å²) in [4.78, 5) is 136. The number of hydrogen-bond acceptors (Lipinski definition) is 17. The number of aldehydes is 1. The summed E-state index contributed by atoms with van der Waals surface area (Å²) in [7, 11) is 2.16. The van der Waals surface area contributed by atoms with Gasteiger partial charge in [-0.3, -0.25) is 43.2 Å². The number of phenols is 2. The molecule has 0 aliphatic carbocycles. The number of benzene rings is 2. The number of nitrogens with one attached hydrogen (secondary N) is 8. The van der Waals surface area contributed by atoms with Gasteiger partial charge in [0.2, 0.25) is 47.3 Å². The molecule has 4 rings (SSSR count). The Morgan fingerprint density at radius 2 is 1.19 bits per heavy atom. The standard InChI is InChI=1S/C48H68N10O14S2/c1-25(2)16-35-45(69)57-38(19-40(63)64)44(68)53-31(22-60)23-73-74-24-34(49)48(72)58-15-5-6-39(58)47(71)51-27(4)42(66)55-36(17-28-7-11-32(61)12-8-28)43(67)52-30(21-59)20-50-26(3)41(65)54-37(46(70)56-35)18-29-9-13-33(62)14-10-29/h7-14,22,25-27,30-31,34-39,50,59,61-62H,5-6,15-21,23-24,49H2,1-4H3,(H,51,71)(H,52,67)(H,53,68)(H,54,65)(H,55,66)(H,56,70)(H,57,69)(H,63,64)/t26-,27-,30+,31+,34-,35-,36-,37-,38-,39-/m0/s1. The van der Waals surface area contributed by atoms with E-state index in [1.54, 1.807) is 13.8 Å². The Hall–Kier alpha value is -6.48. The maximum atomic E-state index is 14.2. The Bertz CT molecular complexity index is 2300. The lowest BCUT2D eigenvalue weighted by atomic mass is 10.00. The lowest BCUT2D eigenvalue weighted by Crippen LogP contribution is -2.60. The van der Waals surface area contributed by atoms with Crippen molar-refractivity contribution >= 4 is 81.1 Å². The molecule has 0 aromatic heterocycles. The molecule has 2 aliphatic rings.